The average Bonchev–Trinajstić information content (AvgIpc) is 2.38. The maximum atomic E-state index is 5.29. The number of benzene rings is 1. The minimum atomic E-state index is -0.340. The third kappa shape index (κ3) is 2.53. The zero-order chi connectivity index (χ0) is 13.2. The summed E-state index contributed by atoms with van der Waals surface area (Å²) in [6, 6.07) is 5.86. The first-order valence-corrected chi connectivity index (χ1v) is 5.88. The molecule has 0 aromatic heterocycles. The van der Waals surface area contributed by atoms with Gasteiger partial charge < -0.3 is 9.47 Å². The summed E-state index contributed by atoms with van der Waals surface area (Å²) in [5.41, 5.74) is 0.753. The monoisotopic (exact) mass is 246 g/mol. The second-order valence-electron chi connectivity index (χ2n) is 4.69. The van der Waals surface area contributed by atoms with E-state index in [1.54, 1.807) is 14.2 Å². The van der Waals surface area contributed by atoms with Crippen LogP contribution in [-0.2, 0) is 0 Å². The second kappa shape index (κ2) is 4.80. The van der Waals surface area contributed by atoms with Gasteiger partial charge in [0.1, 0.15) is 5.66 Å². The molecule has 0 unspecified atom stereocenters. The quantitative estimate of drug-likeness (QED) is 0.823. The van der Waals surface area contributed by atoms with Gasteiger partial charge in [-0.2, -0.15) is 0 Å². The Labute approximate surface area is 107 Å². The van der Waals surface area contributed by atoms with Crippen molar-refractivity contribution in [3.05, 3.63) is 23.8 Å². The van der Waals surface area contributed by atoms with Crippen LogP contribution in [0.1, 0.15) is 25.3 Å². The molecule has 0 aliphatic carbocycles. The molecule has 1 aliphatic heterocycles. The van der Waals surface area contributed by atoms with Crippen LogP contribution >= 0.6 is 0 Å². The normalized spacial score (nSPS) is 17.8. The average molecular weight is 246 g/mol. The largest absolute Gasteiger partial charge is 0.493 e. The molecule has 4 heteroatoms. The molecule has 0 atom stereocenters. The molecular weight excluding hydrogens is 228 g/mol. The van der Waals surface area contributed by atoms with Crippen LogP contribution in [0, 0.1) is 0 Å². The summed E-state index contributed by atoms with van der Waals surface area (Å²) < 4.78 is 10.5. The van der Waals surface area contributed by atoms with Crippen LogP contribution in [0.15, 0.2) is 28.2 Å². The van der Waals surface area contributed by atoms with Gasteiger partial charge in [-0.05, 0) is 31.5 Å². The van der Waals surface area contributed by atoms with Crippen molar-refractivity contribution < 1.29 is 9.47 Å². The Balaban J connectivity index is 2.28. The van der Waals surface area contributed by atoms with E-state index in [0.29, 0.717) is 0 Å². The topological polar surface area (TPSA) is 43.2 Å². The Morgan fingerprint density at radius 2 is 1.61 bits per heavy atom. The van der Waals surface area contributed by atoms with Crippen LogP contribution in [0.5, 0.6) is 11.5 Å². The van der Waals surface area contributed by atoms with Crippen LogP contribution in [0.2, 0.25) is 0 Å². The van der Waals surface area contributed by atoms with Crippen molar-refractivity contribution in [2.75, 3.05) is 14.2 Å². The van der Waals surface area contributed by atoms with E-state index in [0.717, 1.165) is 17.1 Å². The Morgan fingerprint density at radius 3 is 2.17 bits per heavy atom. The summed E-state index contributed by atoms with van der Waals surface area (Å²) in [5, 5.41) is 0. The van der Waals surface area contributed by atoms with Crippen molar-refractivity contribution in [1.29, 1.82) is 0 Å². The van der Waals surface area contributed by atoms with E-state index in [4.69, 9.17) is 9.47 Å². The predicted molar refractivity (Wildman–Crippen MR) is 73.4 cm³/mol. The highest BCUT2D eigenvalue weighted by molar-refractivity contribution is 5.92. The molecule has 1 heterocycles. The van der Waals surface area contributed by atoms with E-state index in [2.05, 4.69) is 9.98 Å². The maximum Gasteiger partial charge on any atom is 0.161 e. The Kier molecular flexibility index (Phi) is 3.36. The van der Waals surface area contributed by atoms with Gasteiger partial charge in [-0.1, -0.05) is 6.07 Å². The lowest BCUT2D eigenvalue weighted by Crippen LogP contribution is -2.21. The van der Waals surface area contributed by atoms with Crippen LogP contribution in [0.4, 0.5) is 0 Å². The first-order valence-electron chi connectivity index (χ1n) is 5.88. The summed E-state index contributed by atoms with van der Waals surface area (Å²) in [6.45, 7) is 3.95. The highest BCUT2D eigenvalue weighted by Gasteiger charge is 2.19. The van der Waals surface area contributed by atoms with Gasteiger partial charge in [0, 0.05) is 12.4 Å². The van der Waals surface area contributed by atoms with Gasteiger partial charge in [-0.3, -0.25) is 9.98 Å². The highest BCUT2D eigenvalue weighted by atomic mass is 16.5. The van der Waals surface area contributed by atoms with E-state index in [-0.39, 0.29) is 11.6 Å². The number of rotatable bonds is 3. The van der Waals surface area contributed by atoms with Gasteiger partial charge >= 0.3 is 0 Å². The molecule has 0 bridgehead atoms. The van der Waals surface area contributed by atoms with Crippen molar-refractivity contribution >= 4 is 12.4 Å². The molecule has 0 amide bonds. The third-order valence-corrected chi connectivity index (χ3v) is 2.89. The van der Waals surface area contributed by atoms with Gasteiger partial charge in [0.15, 0.2) is 11.5 Å². The van der Waals surface area contributed by atoms with Crippen LogP contribution in [-0.4, -0.2) is 32.3 Å². The van der Waals surface area contributed by atoms with Crippen molar-refractivity contribution in [1.82, 2.24) is 0 Å². The lowest BCUT2D eigenvalue weighted by Gasteiger charge is -2.21. The van der Waals surface area contributed by atoms with Crippen molar-refractivity contribution in [3.8, 4) is 11.5 Å². The van der Waals surface area contributed by atoms with Crippen molar-refractivity contribution in [3.63, 3.8) is 0 Å². The van der Waals surface area contributed by atoms with Gasteiger partial charge in [0.2, 0.25) is 0 Å². The first kappa shape index (κ1) is 12.6. The molecule has 0 saturated carbocycles. The molecule has 1 aliphatic rings. The SMILES string of the molecule is COc1ccc(C2C=NC(C)(C)N=C2)cc1OC. The second-order valence-corrected chi connectivity index (χ2v) is 4.69. The standard InChI is InChI=1S/C14H18N2O2/c1-14(2)15-8-11(9-16-14)10-5-6-12(17-3)13(7-10)18-4/h5-9,11H,1-4H3. The van der Waals surface area contributed by atoms with Gasteiger partial charge in [0.05, 0.1) is 20.1 Å². The lowest BCUT2D eigenvalue weighted by atomic mass is 9.99. The molecule has 18 heavy (non-hydrogen) atoms. The molecule has 0 radical (unpaired) electrons. The number of hydrogen-bond acceptors (Lipinski definition) is 4. The number of nitrogens with zero attached hydrogens (tertiary/aromatic N) is 2. The summed E-state index contributed by atoms with van der Waals surface area (Å²) in [7, 11) is 3.26. The highest BCUT2D eigenvalue weighted by Crippen LogP contribution is 2.31. The van der Waals surface area contributed by atoms with Gasteiger partial charge in [-0.25, -0.2) is 0 Å². The fourth-order valence-corrected chi connectivity index (χ4v) is 1.83. The Morgan fingerprint density at radius 1 is 1.00 bits per heavy atom. The summed E-state index contributed by atoms with van der Waals surface area (Å²) >= 11 is 0. The molecule has 1 aromatic rings. The number of hydrogen-bond donors (Lipinski definition) is 0. The first-order chi connectivity index (χ1) is 8.55. The molecule has 0 fully saturated rings. The minimum Gasteiger partial charge on any atom is -0.493 e. The van der Waals surface area contributed by atoms with Crippen LogP contribution < -0.4 is 9.47 Å². The Hall–Kier alpha value is -1.84. The molecule has 0 spiro atoms. The number of ether oxygens (including phenoxy) is 2. The van der Waals surface area contributed by atoms with E-state index < -0.39 is 0 Å². The zero-order valence-electron chi connectivity index (χ0n) is 11.2. The maximum absolute atomic E-state index is 5.29. The zero-order valence-corrected chi connectivity index (χ0v) is 11.2. The molecule has 96 valence electrons. The van der Waals surface area contributed by atoms with E-state index in [9.17, 15) is 0 Å². The molecule has 1 aromatic carbocycles. The smallest absolute Gasteiger partial charge is 0.161 e. The number of methoxy groups -OCH3 is 2. The fraction of sp³-hybridized carbons (Fsp3) is 0.429. The summed E-state index contributed by atoms with van der Waals surface area (Å²) in [5.74, 6) is 1.55. The van der Waals surface area contributed by atoms with Gasteiger partial charge in [-0.15, -0.1) is 0 Å². The molecule has 0 N–H and O–H groups in total. The van der Waals surface area contributed by atoms with Crippen molar-refractivity contribution in [2.24, 2.45) is 9.98 Å². The summed E-state index contributed by atoms with van der Waals surface area (Å²) in [4.78, 5) is 8.85. The Bertz CT molecular complexity index is 477. The predicted octanol–water partition coefficient (Wildman–Crippen LogP) is 2.68. The molecular formula is C14H18N2O2. The van der Waals surface area contributed by atoms with Crippen LogP contribution in [0.3, 0.4) is 0 Å². The van der Waals surface area contributed by atoms with E-state index in [1.807, 2.05) is 44.5 Å². The third-order valence-electron chi connectivity index (χ3n) is 2.89. The molecule has 0 saturated heterocycles. The van der Waals surface area contributed by atoms with Crippen LogP contribution in [0.25, 0.3) is 0 Å². The van der Waals surface area contributed by atoms with E-state index in [1.165, 1.54) is 0 Å². The molecule has 2 rings (SSSR count). The van der Waals surface area contributed by atoms with E-state index >= 15 is 0 Å². The summed E-state index contributed by atoms with van der Waals surface area (Å²) in [6.07, 6.45) is 3.85. The minimum absolute atomic E-state index is 0.0952. The lowest BCUT2D eigenvalue weighted by molar-refractivity contribution is 0.354. The van der Waals surface area contributed by atoms with Crippen molar-refractivity contribution in [2.45, 2.75) is 25.4 Å². The van der Waals surface area contributed by atoms with Gasteiger partial charge in [0.25, 0.3) is 0 Å². The number of aliphatic imine (C=N–C) groups is 2. The fourth-order valence-electron chi connectivity index (χ4n) is 1.83. The molecule has 4 nitrogen and oxygen atoms in total.